The summed E-state index contributed by atoms with van der Waals surface area (Å²) < 4.78 is 39.0. The number of ether oxygens (including phenoxy) is 1. The molecule has 5 aliphatic rings. The third kappa shape index (κ3) is 3.65. The molecule has 4 fully saturated rings. The fourth-order valence-electron chi connectivity index (χ4n) is 9.15. The van der Waals surface area contributed by atoms with Crippen LogP contribution in [-0.2, 0) is 14.3 Å². The van der Waals surface area contributed by atoms with Gasteiger partial charge in [0.1, 0.15) is 12.8 Å². The van der Waals surface area contributed by atoms with Gasteiger partial charge in [0.2, 0.25) is 0 Å². The number of aliphatic hydroxyl groups excluding tert-OH is 1. The summed E-state index contributed by atoms with van der Waals surface area (Å²) in [6.07, 6.45) is 2.58. The number of esters is 1. The molecule has 3 saturated carbocycles. The highest BCUT2D eigenvalue weighted by atomic mass is 19.1. The van der Waals surface area contributed by atoms with Crippen molar-refractivity contribution in [3.05, 3.63) is 23.8 Å². The summed E-state index contributed by atoms with van der Waals surface area (Å²) in [5.41, 5.74) is 0.670. The van der Waals surface area contributed by atoms with E-state index in [1.807, 2.05) is 6.92 Å². The van der Waals surface area contributed by atoms with Gasteiger partial charge in [-0.3, -0.25) is 9.59 Å². The average molecular weight is 535 g/mol. The number of allylic oxidation sites excluding steroid dienone is 4. The van der Waals surface area contributed by atoms with Gasteiger partial charge in [0.25, 0.3) is 0 Å². The molecule has 1 aliphatic heterocycles. The van der Waals surface area contributed by atoms with Gasteiger partial charge in [-0.2, -0.15) is 0 Å². The summed E-state index contributed by atoms with van der Waals surface area (Å²) in [6, 6.07) is 0. The number of halogens is 2. The molecule has 3 N–H and O–H groups in total. The lowest BCUT2D eigenvalue weighted by Crippen LogP contribution is -2.69. The second-order valence-electron chi connectivity index (χ2n) is 14.2. The first-order valence-electron chi connectivity index (χ1n) is 14.2. The largest absolute Gasteiger partial charge is 0.464 e. The first kappa shape index (κ1) is 27.9. The number of likely N-dealkylation sites (tertiary alicyclic amines) is 1. The molecule has 0 aromatic heterocycles. The van der Waals surface area contributed by atoms with E-state index in [9.17, 15) is 14.7 Å². The number of nitrogens with two attached hydrogens (primary N) is 1. The monoisotopic (exact) mass is 534 g/mol. The maximum atomic E-state index is 17.5. The number of carbonyl (C=O) groups excluding carboxylic acids is 2. The van der Waals surface area contributed by atoms with Crippen LogP contribution in [0.4, 0.5) is 8.78 Å². The number of carbonyl (C=O) groups is 2. The van der Waals surface area contributed by atoms with E-state index >= 15 is 8.78 Å². The molecular weight excluding hydrogens is 490 g/mol. The minimum absolute atomic E-state index is 0.0770. The molecule has 0 aromatic carbocycles. The number of hydrogen-bond acceptors (Lipinski definition) is 6. The van der Waals surface area contributed by atoms with Gasteiger partial charge in [-0.05, 0) is 79.5 Å². The number of nitrogens with zero attached hydrogens (tertiary/aromatic N) is 1. The van der Waals surface area contributed by atoms with Crippen LogP contribution < -0.4 is 5.73 Å². The lowest BCUT2D eigenvalue weighted by molar-refractivity contribution is -0.217. The van der Waals surface area contributed by atoms with Gasteiger partial charge in [-0.1, -0.05) is 33.8 Å². The van der Waals surface area contributed by atoms with Crippen LogP contribution in [0.1, 0.15) is 60.3 Å². The molecule has 8 heteroatoms. The zero-order valence-corrected chi connectivity index (χ0v) is 23.4. The van der Waals surface area contributed by atoms with Crippen LogP contribution in [0, 0.1) is 39.4 Å². The Kier molecular flexibility index (Phi) is 6.56. The Morgan fingerprint density at radius 3 is 2.63 bits per heavy atom. The Hall–Kier alpha value is -1.64. The molecule has 0 unspecified atom stereocenters. The first-order valence-corrected chi connectivity index (χ1v) is 14.2. The van der Waals surface area contributed by atoms with Gasteiger partial charge in [0.05, 0.1) is 11.5 Å². The van der Waals surface area contributed by atoms with Gasteiger partial charge < -0.3 is 20.5 Å². The quantitative estimate of drug-likeness (QED) is 0.522. The van der Waals surface area contributed by atoms with Crippen LogP contribution in [0.5, 0.6) is 0 Å². The Morgan fingerprint density at radius 2 is 1.97 bits per heavy atom. The van der Waals surface area contributed by atoms with Crippen molar-refractivity contribution < 1.29 is 28.2 Å². The second kappa shape index (κ2) is 8.93. The molecule has 1 saturated heterocycles. The van der Waals surface area contributed by atoms with Crippen LogP contribution in [-0.4, -0.2) is 72.5 Å². The Morgan fingerprint density at radius 1 is 1.26 bits per heavy atom. The molecule has 0 bridgehead atoms. The zero-order valence-electron chi connectivity index (χ0n) is 23.4. The molecule has 6 nitrogen and oxygen atoms in total. The van der Waals surface area contributed by atoms with Gasteiger partial charge >= 0.3 is 5.97 Å². The van der Waals surface area contributed by atoms with Crippen molar-refractivity contribution in [1.82, 2.24) is 4.90 Å². The highest BCUT2D eigenvalue weighted by molar-refractivity contribution is 6.01. The maximum Gasteiger partial charge on any atom is 0.314 e. The predicted molar refractivity (Wildman–Crippen MR) is 140 cm³/mol. The van der Waals surface area contributed by atoms with E-state index < -0.39 is 40.1 Å². The third-order valence-corrected chi connectivity index (χ3v) is 11.1. The molecule has 0 amide bonds. The van der Waals surface area contributed by atoms with Gasteiger partial charge in [0, 0.05) is 31.0 Å². The third-order valence-electron chi connectivity index (χ3n) is 11.1. The molecule has 5 rings (SSSR count). The molecule has 0 radical (unpaired) electrons. The highest BCUT2D eigenvalue weighted by Crippen LogP contribution is 2.74. The predicted octanol–water partition coefficient (Wildman–Crippen LogP) is 3.77. The van der Waals surface area contributed by atoms with E-state index in [0.717, 1.165) is 13.0 Å². The van der Waals surface area contributed by atoms with Crippen molar-refractivity contribution in [2.24, 2.45) is 45.1 Å². The van der Waals surface area contributed by atoms with Crippen molar-refractivity contribution in [2.45, 2.75) is 78.2 Å². The number of hydrogen-bond donors (Lipinski definition) is 2. The smallest absolute Gasteiger partial charge is 0.314 e. The topological polar surface area (TPSA) is 92.9 Å². The number of ketones is 1. The maximum absolute atomic E-state index is 17.5. The van der Waals surface area contributed by atoms with Gasteiger partial charge in [-0.15, -0.1) is 0 Å². The van der Waals surface area contributed by atoms with Crippen molar-refractivity contribution in [1.29, 1.82) is 0 Å². The zero-order chi connectivity index (χ0) is 27.9. The molecule has 0 spiro atoms. The van der Waals surface area contributed by atoms with Crippen molar-refractivity contribution in [3.63, 3.8) is 0 Å². The molecule has 9 atom stereocenters. The molecule has 38 heavy (non-hydrogen) atoms. The van der Waals surface area contributed by atoms with Crippen molar-refractivity contribution in [3.8, 4) is 0 Å². The highest BCUT2D eigenvalue weighted by Gasteiger charge is 2.78. The summed E-state index contributed by atoms with van der Waals surface area (Å²) in [5.74, 6) is -1.86. The molecule has 212 valence electrons. The lowest BCUT2D eigenvalue weighted by atomic mass is 9.43. The molecule has 0 aromatic rings. The Bertz CT molecular complexity index is 1070. The van der Waals surface area contributed by atoms with Gasteiger partial charge in [0.15, 0.2) is 11.5 Å². The van der Waals surface area contributed by atoms with Gasteiger partial charge in [-0.25, -0.2) is 8.78 Å². The van der Waals surface area contributed by atoms with E-state index in [0.29, 0.717) is 19.5 Å². The van der Waals surface area contributed by atoms with Crippen molar-refractivity contribution >= 4 is 11.8 Å². The summed E-state index contributed by atoms with van der Waals surface area (Å²) in [6.45, 7) is 12.5. The minimum Gasteiger partial charge on any atom is -0.464 e. The normalized spacial score (nSPS) is 46.2. The summed E-state index contributed by atoms with van der Waals surface area (Å²) in [7, 11) is 0. The van der Waals surface area contributed by atoms with Crippen LogP contribution in [0.25, 0.3) is 0 Å². The van der Waals surface area contributed by atoms with E-state index in [1.54, 1.807) is 6.92 Å². The van der Waals surface area contributed by atoms with Crippen LogP contribution >= 0.6 is 0 Å². The number of aliphatic hydroxyl groups is 1. The van der Waals surface area contributed by atoms with E-state index in [1.165, 1.54) is 18.2 Å². The molecule has 4 aliphatic carbocycles. The summed E-state index contributed by atoms with van der Waals surface area (Å²) in [5, 5.41) is 11.7. The fraction of sp³-hybridized carbons (Fsp3) is 0.800. The van der Waals surface area contributed by atoms with E-state index in [-0.39, 0.29) is 60.6 Å². The summed E-state index contributed by atoms with van der Waals surface area (Å²) in [4.78, 5) is 28.3. The Labute approximate surface area is 225 Å². The fourth-order valence-corrected chi connectivity index (χ4v) is 9.15. The number of fused-ring (bicyclic) bond motifs is 7. The lowest BCUT2D eigenvalue weighted by Gasteiger charge is -2.63. The van der Waals surface area contributed by atoms with Crippen molar-refractivity contribution in [2.75, 3.05) is 32.8 Å². The standard InChI is InChI=1S/C30H44F2N2O4/c1-26(2,3)8-10-34-16-18-12-20-21-14-23(31)22-13-19(35)6-7-27(22,4)30(21,32)24(36)15-28(20,5)29(18,17-34)25(37)38-11-9-33/h6-7,13,18,20-21,23-24,36H,8-12,14-17,33H2,1-5H3/t18-,20-,21-,23-,24-,27-,28-,29+,30-/m0/s1. The van der Waals surface area contributed by atoms with Crippen LogP contribution in [0.2, 0.25) is 0 Å². The molecule has 1 heterocycles. The van der Waals surface area contributed by atoms with Crippen LogP contribution in [0.3, 0.4) is 0 Å². The van der Waals surface area contributed by atoms with E-state index in [2.05, 4.69) is 25.7 Å². The SMILES string of the molecule is CC(C)(C)CCN1C[C@@H]2C[C@H]3[C@@H]4C[C@H](F)C5=CC(=O)C=C[C@]5(C)[C@@]4(F)[C@@H](O)C[C@]3(C)[C@]2(C(=O)OCCN)C1. The minimum atomic E-state index is -2.14. The first-order chi connectivity index (χ1) is 17.6. The van der Waals surface area contributed by atoms with E-state index in [4.69, 9.17) is 10.5 Å². The van der Waals surface area contributed by atoms with Crippen LogP contribution in [0.15, 0.2) is 23.8 Å². The second-order valence-corrected chi connectivity index (χ2v) is 14.2. The Balaban J connectivity index is 1.55. The molecular formula is C30H44F2N2O4. The average Bonchev–Trinajstić information content (AvgIpc) is 3.32. The number of alkyl halides is 2. The summed E-state index contributed by atoms with van der Waals surface area (Å²) >= 11 is 0. The number of rotatable bonds is 5.